The first-order chi connectivity index (χ1) is 14.7. The van der Waals surface area contributed by atoms with E-state index in [4.69, 9.17) is 4.74 Å². The highest BCUT2D eigenvalue weighted by molar-refractivity contribution is 7.99. The summed E-state index contributed by atoms with van der Waals surface area (Å²) in [7, 11) is 0. The molecule has 1 amide bonds. The zero-order chi connectivity index (χ0) is 20.8. The number of carbonyl (C=O) groups excluding carboxylic acids is 1. The van der Waals surface area contributed by atoms with E-state index in [2.05, 4.69) is 20.9 Å². The molecule has 3 aromatic rings. The molecule has 0 aliphatic carbocycles. The van der Waals surface area contributed by atoms with Gasteiger partial charge < -0.3 is 19.5 Å². The van der Waals surface area contributed by atoms with E-state index in [0.717, 1.165) is 66.0 Å². The van der Waals surface area contributed by atoms with Gasteiger partial charge in [-0.15, -0.1) is 0 Å². The predicted molar refractivity (Wildman–Crippen MR) is 122 cm³/mol. The number of amides is 1. The first kappa shape index (κ1) is 20.6. The Morgan fingerprint density at radius 2 is 1.87 bits per heavy atom. The summed E-state index contributed by atoms with van der Waals surface area (Å²) in [5, 5.41) is 0.922. The van der Waals surface area contributed by atoms with Crippen LogP contribution in [-0.4, -0.2) is 59.3 Å². The summed E-state index contributed by atoms with van der Waals surface area (Å²) in [5.74, 6) is 2.05. The maximum Gasteiger partial charge on any atom is 0.222 e. The number of benzene rings is 2. The summed E-state index contributed by atoms with van der Waals surface area (Å²) < 4.78 is 5.75. The van der Waals surface area contributed by atoms with Crippen LogP contribution in [0.15, 0.2) is 53.7 Å². The van der Waals surface area contributed by atoms with E-state index in [-0.39, 0.29) is 5.91 Å². The van der Waals surface area contributed by atoms with Crippen LogP contribution < -0.4 is 9.64 Å². The maximum absolute atomic E-state index is 12.6. The number of nitrogens with zero attached hydrogens (tertiary/aromatic N) is 3. The van der Waals surface area contributed by atoms with Crippen molar-refractivity contribution in [2.75, 3.05) is 43.4 Å². The van der Waals surface area contributed by atoms with E-state index in [1.165, 1.54) is 0 Å². The van der Waals surface area contributed by atoms with E-state index in [1.807, 2.05) is 54.3 Å². The van der Waals surface area contributed by atoms with Gasteiger partial charge in [-0.3, -0.25) is 4.79 Å². The SMILES string of the molecule is CCOc1ccccc1N1CCN(C(=O)CCCSc2nc3ccccc3[nH]2)CC1. The van der Waals surface area contributed by atoms with Crippen LogP contribution in [0.25, 0.3) is 11.0 Å². The fourth-order valence-electron chi connectivity index (χ4n) is 3.74. The van der Waals surface area contributed by atoms with E-state index in [0.29, 0.717) is 13.0 Å². The number of hydrogen-bond donors (Lipinski definition) is 1. The minimum atomic E-state index is 0.248. The van der Waals surface area contributed by atoms with Crippen LogP contribution in [0.3, 0.4) is 0 Å². The molecule has 1 aliphatic heterocycles. The number of aromatic nitrogens is 2. The number of piperazine rings is 1. The number of thioether (sulfide) groups is 1. The lowest BCUT2D eigenvalue weighted by Crippen LogP contribution is -2.48. The number of nitrogens with one attached hydrogen (secondary N) is 1. The fraction of sp³-hybridized carbons (Fsp3) is 0.391. The predicted octanol–water partition coefficient (Wildman–Crippen LogP) is 4.18. The third-order valence-corrected chi connectivity index (χ3v) is 6.24. The quantitative estimate of drug-likeness (QED) is 0.434. The van der Waals surface area contributed by atoms with Crippen molar-refractivity contribution in [3.63, 3.8) is 0 Å². The summed E-state index contributed by atoms with van der Waals surface area (Å²) in [6.45, 7) is 5.85. The Morgan fingerprint density at radius 3 is 2.67 bits per heavy atom. The molecule has 1 aliphatic rings. The highest BCUT2D eigenvalue weighted by Gasteiger charge is 2.22. The minimum absolute atomic E-state index is 0.248. The van der Waals surface area contributed by atoms with Gasteiger partial charge in [-0.25, -0.2) is 4.98 Å². The first-order valence-corrected chi connectivity index (χ1v) is 11.6. The lowest BCUT2D eigenvalue weighted by atomic mass is 10.2. The van der Waals surface area contributed by atoms with Crippen LogP contribution in [0.1, 0.15) is 19.8 Å². The van der Waals surface area contributed by atoms with Gasteiger partial charge in [-0.2, -0.15) is 0 Å². The molecule has 2 heterocycles. The van der Waals surface area contributed by atoms with E-state index >= 15 is 0 Å². The van der Waals surface area contributed by atoms with Gasteiger partial charge in [0.25, 0.3) is 0 Å². The van der Waals surface area contributed by atoms with Crippen LogP contribution in [0, 0.1) is 0 Å². The molecule has 0 bridgehead atoms. The molecule has 1 aromatic heterocycles. The summed E-state index contributed by atoms with van der Waals surface area (Å²) in [5.41, 5.74) is 3.16. The molecule has 0 unspecified atom stereocenters. The first-order valence-electron chi connectivity index (χ1n) is 10.6. The van der Waals surface area contributed by atoms with Crippen LogP contribution in [0.2, 0.25) is 0 Å². The average Bonchev–Trinajstić information content (AvgIpc) is 3.20. The molecule has 1 saturated heterocycles. The second kappa shape index (κ2) is 9.89. The second-order valence-electron chi connectivity index (χ2n) is 7.28. The zero-order valence-corrected chi connectivity index (χ0v) is 18.2. The molecule has 6 nitrogen and oxygen atoms in total. The van der Waals surface area contributed by atoms with Gasteiger partial charge >= 0.3 is 0 Å². The minimum Gasteiger partial charge on any atom is -0.492 e. The standard InChI is InChI=1S/C23H28N4O2S/c1-2-29-21-11-6-5-10-20(21)26-13-15-27(16-14-26)22(28)12-7-17-30-23-24-18-8-3-4-9-19(18)25-23/h3-6,8-11H,2,7,12-17H2,1H3,(H,24,25). The third-order valence-electron chi connectivity index (χ3n) is 5.28. The fourth-order valence-corrected chi connectivity index (χ4v) is 4.57. The summed E-state index contributed by atoms with van der Waals surface area (Å²) in [6, 6.07) is 16.2. The normalized spacial score (nSPS) is 14.3. The molecular weight excluding hydrogens is 396 g/mol. The molecule has 158 valence electrons. The van der Waals surface area contributed by atoms with Crippen molar-refractivity contribution in [2.24, 2.45) is 0 Å². The smallest absolute Gasteiger partial charge is 0.222 e. The van der Waals surface area contributed by atoms with Gasteiger partial charge in [0.05, 0.1) is 23.3 Å². The molecule has 30 heavy (non-hydrogen) atoms. The van der Waals surface area contributed by atoms with Gasteiger partial charge in [0.2, 0.25) is 5.91 Å². The molecule has 2 aromatic carbocycles. The number of hydrogen-bond acceptors (Lipinski definition) is 5. The van der Waals surface area contributed by atoms with Gasteiger partial charge in [-0.1, -0.05) is 36.0 Å². The molecule has 4 rings (SSSR count). The Hall–Kier alpha value is -2.67. The van der Waals surface area contributed by atoms with Crippen molar-refractivity contribution in [2.45, 2.75) is 24.9 Å². The number of H-pyrrole nitrogens is 1. The van der Waals surface area contributed by atoms with Crippen molar-refractivity contribution in [3.05, 3.63) is 48.5 Å². The number of anilines is 1. The van der Waals surface area contributed by atoms with Crippen LogP contribution >= 0.6 is 11.8 Å². The molecule has 1 N–H and O–H groups in total. The number of fused-ring (bicyclic) bond motifs is 1. The van der Waals surface area contributed by atoms with Gasteiger partial charge in [-0.05, 0) is 37.6 Å². The van der Waals surface area contributed by atoms with Crippen molar-refractivity contribution < 1.29 is 9.53 Å². The molecule has 1 fully saturated rings. The van der Waals surface area contributed by atoms with Crippen molar-refractivity contribution in [3.8, 4) is 5.75 Å². The topological polar surface area (TPSA) is 61.5 Å². The molecule has 0 spiro atoms. The van der Waals surface area contributed by atoms with Gasteiger partial charge in [0.1, 0.15) is 5.75 Å². The number of aromatic amines is 1. The molecule has 0 atom stereocenters. The van der Waals surface area contributed by atoms with Gasteiger partial charge in [0.15, 0.2) is 5.16 Å². The van der Waals surface area contributed by atoms with Crippen LogP contribution in [-0.2, 0) is 4.79 Å². The molecule has 0 radical (unpaired) electrons. The van der Waals surface area contributed by atoms with E-state index in [1.54, 1.807) is 11.8 Å². The second-order valence-corrected chi connectivity index (χ2v) is 8.36. The Morgan fingerprint density at radius 1 is 1.10 bits per heavy atom. The van der Waals surface area contributed by atoms with Gasteiger partial charge in [0, 0.05) is 38.4 Å². The number of imidazole rings is 1. The zero-order valence-electron chi connectivity index (χ0n) is 17.3. The largest absolute Gasteiger partial charge is 0.492 e. The van der Waals surface area contributed by atoms with E-state index in [9.17, 15) is 4.79 Å². The Bertz CT molecular complexity index is 949. The highest BCUT2D eigenvalue weighted by Crippen LogP contribution is 2.29. The monoisotopic (exact) mass is 424 g/mol. The molecule has 7 heteroatoms. The van der Waals surface area contributed by atoms with Crippen molar-refractivity contribution >= 4 is 34.4 Å². The number of rotatable bonds is 8. The Kier molecular flexibility index (Phi) is 6.79. The lowest BCUT2D eigenvalue weighted by molar-refractivity contribution is -0.131. The number of para-hydroxylation sites is 4. The van der Waals surface area contributed by atoms with Crippen molar-refractivity contribution in [1.29, 1.82) is 0 Å². The van der Waals surface area contributed by atoms with E-state index < -0.39 is 0 Å². The average molecular weight is 425 g/mol. The van der Waals surface area contributed by atoms with Crippen LogP contribution in [0.4, 0.5) is 5.69 Å². The maximum atomic E-state index is 12.6. The summed E-state index contributed by atoms with van der Waals surface area (Å²) >= 11 is 1.68. The number of ether oxygens (including phenoxy) is 1. The highest BCUT2D eigenvalue weighted by atomic mass is 32.2. The third kappa shape index (κ3) is 4.90. The van der Waals surface area contributed by atoms with Crippen LogP contribution in [0.5, 0.6) is 5.75 Å². The number of carbonyl (C=O) groups is 1. The molecular formula is C23H28N4O2S. The van der Waals surface area contributed by atoms with Crippen molar-refractivity contribution in [1.82, 2.24) is 14.9 Å². The lowest BCUT2D eigenvalue weighted by Gasteiger charge is -2.36. The summed E-state index contributed by atoms with van der Waals surface area (Å²) in [4.78, 5) is 24.8. The summed E-state index contributed by atoms with van der Waals surface area (Å²) in [6.07, 6.45) is 1.44. The molecule has 0 saturated carbocycles. The Balaban J connectivity index is 1.21. The Labute approximate surface area is 181 Å².